The molecule has 0 amide bonds. The summed E-state index contributed by atoms with van der Waals surface area (Å²) >= 11 is 0. The molecular weight excluding hydrogens is 340 g/mol. The summed E-state index contributed by atoms with van der Waals surface area (Å²) in [6.07, 6.45) is 0. The molecule has 5 nitrogen and oxygen atoms in total. The second-order valence-corrected chi connectivity index (χ2v) is 6.01. The fraction of sp³-hybridized carbons (Fsp3) is 0.263. The molecule has 0 N–H and O–H groups in total. The molecule has 3 rings (SSSR count). The van der Waals surface area contributed by atoms with Crippen molar-refractivity contribution in [3.8, 4) is 17.1 Å². The van der Waals surface area contributed by atoms with Crippen LogP contribution in [0.4, 0.5) is 8.78 Å². The van der Waals surface area contributed by atoms with E-state index in [-0.39, 0.29) is 6.04 Å². The molecule has 0 bridgehead atoms. The van der Waals surface area contributed by atoms with Crippen LogP contribution in [-0.4, -0.2) is 29.2 Å². The van der Waals surface area contributed by atoms with Gasteiger partial charge in [0.25, 0.3) is 0 Å². The summed E-state index contributed by atoms with van der Waals surface area (Å²) in [7, 11) is 3.44. The SMILES string of the molecule is COc1cccc(-c2noc(CN(C)C(C)c3ccc(F)c(F)c3)n2)c1. The van der Waals surface area contributed by atoms with Crippen LogP contribution in [0.1, 0.15) is 24.4 Å². The van der Waals surface area contributed by atoms with Crippen LogP contribution in [0, 0.1) is 11.6 Å². The first-order chi connectivity index (χ1) is 12.5. The maximum atomic E-state index is 13.4. The second-order valence-electron chi connectivity index (χ2n) is 6.01. The molecule has 0 aliphatic rings. The Labute approximate surface area is 150 Å². The topological polar surface area (TPSA) is 51.4 Å². The zero-order valence-corrected chi connectivity index (χ0v) is 14.7. The average Bonchev–Trinajstić information content (AvgIpc) is 3.12. The second kappa shape index (κ2) is 7.61. The van der Waals surface area contributed by atoms with Crippen molar-refractivity contribution in [1.29, 1.82) is 0 Å². The number of nitrogens with zero attached hydrogens (tertiary/aromatic N) is 3. The Morgan fingerprint density at radius 2 is 1.96 bits per heavy atom. The summed E-state index contributed by atoms with van der Waals surface area (Å²) in [5, 5.41) is 3.99. The van der Waals surface area contributed by atoms with Crippen molar-refractivity contribution in [3.63, 3.8) is 0 Å². The molecule has 1 unspecified atom stereocenters. The molecule has 136 valence electrons. The molecule has 2 aromatic carbocycles. The number of rotatable bonds is 6. The van der Waals surface area contributed by atoms with Crippen molar-refractivity contribution >= 4 is 0 Å². The molecule has 0 radical (unpaired) electrons. The van der Waals surface area contributed by atoms with Gasteiger partial charge in [-0.15, -0.1) is 0 Å². The number of hydrogen-bond donors (Lipinski definition) is 0. The van der Waals surface area contributed by atoms with E-state index in [1.165, 1.54) is 6.07 Å². The van der Waals surface area contributed by atoms with E-state index in [4.69, 9.17) is 9.26 Å². The summed E-state index contributed by atoms with van der Waals surface area (Å²) in [5.74, 6) is -0.116. The highest BCUT2D eigenvalue weighted by molar-refractivity contribution is 5.56. The van der Waals surface area contributed by atoms with Crippen LogP contribution >= 0.6 is 0 Å². The summed E-state index contributed by atoms with van der Waals surface area (Å²) in [6, 6.07) is 11.1. The van der Waals surface area contributed by atoms with Crippen LogP contribution in [-0.2, 0) is 6.54 Å². The van der Waals surface area contributed by atoms with Crippen molar-refractivity contribution in [1.82, 2.24) is 15.0 Å². The molecule has 0 aliphatic heterocycles. The minimum Gasteiger partial charge on any atom is -0.497 e. The highest BCUT2D eigenvalue weighted by Crippen LogP contribution is 2.24. The highest BCUT2D eigenvalue weighted by Gasteiger charge is 2.17. The number of hydrogen-bond acceptors (Lipinski definition) is 5. The first-order valence-electron chi connectivity index (χ1n) is 8.10. The van der Waals surface area contributed by atoms with Crippen molar-refractivity contribution in [2.75, 3.05) is 14.2 Å². The van der Waals surface area contributed by atoms with Gasteiger partial charge in [0.2, 0.25) is 11.7 Å². The van der Waals surface area contributed by atoms with Crippen LogP contribution in [0.25, 0.3) is 11.4 Å². The number of ether oxygens (including phenoxy) is 1. The highest BCUT2D eigenvalue weighted by atomic mass is 19.2. The molecule has 0 fully saturated rings. The number of benzene rings is 2. The molecule has 1 aromatic heterocycles. The van der Waals surface area contributed by atoms with Crippen LogP contribution in [0.3, 0.4) is 0 Å². The lowest BCUT2D eigenvalue weighted by atomic mass is 10.1. The molecular formula is C19H19F2N3O2. The Kier molecular flexibility index (Phi) is 5.27. The minimum absolute atomic E-state index is 0.155. The minimum atomic E-state index is -0.860. The van der Waals surface area contributed by atoms with Crippen molar-refractivity contribution in [2.24, 2.45) is 0 Å². The predicted molar refractivity (Wildman–Crippen MR) is 92.5 cm³/mol. The zero-order valence-electron chi connectivity index (χ0n) is 14.7. The smallest absolute Gasteiger partial charge is 0.241 e. The van der Waals surface area contributed by atoms with Gasteiger partial charge in [-0.3, -0.25) is 4.90 Å². The fourth-order valence-electron chi connectivity index (χ4n) is 2.58. The summed E-state index contributed by atoms with van der Waals surface area (Å²) in [6.45, 7) is 2.27. The lowest BCUT2D eigenvalue weighted by Gasteiger charge is -2.23. The van der Waals surface area contributed by atoms with E-state index in [9.17, 15) is 8.78 Å². The van der Waals surface area contributed by atoms with E-state index in [1.807, 2.05) is 43.1 Å². The van der Waals surface area contributed by atoms with E-state index >= 15 is 0 Å². The molecule has 0 spiro atoms. The lowest BCUT2D eigenvalue weighted by molar-refractivity contribution is 0.216. The molecule has 26 heavy (non-hydrogen) atoms. The van der Waals surface area contributed by atoms with Crippen LogP contribution in [0.15, 0.2) is 47.0 Å². The first kappa shape index (κ1) is 18.0. The van der Waals surface area contributed by atoms with Crippen LogP contribution < -0.4 is 4.74 Å². The Morgan fingerprint density at radius 1 is 1.15 bits per heavy atom. The van der Waals surface area contributed by atoms with Gasteiger partial charge in [0.05, 0.1) is 13.7 Å². The maximum absolute atomic E-state index is 13.4. The monoisotopic (exact) mass is 359 g/mol. The van der Waals surface area contributed by atoms with Gasteiger partial charge < -0.3 is 9.26 Å². The number of halogens is 2. The van der Waals surface area contributed by atoms with Crippen molar-refractivity contribution in [3.05, 3.63) is 65.6 Å². The predicted octanol–water partition coefficient (Wildman–Crippen LogP) is 4.22. The Hall–Kier alpha value is -2.80. The quantitative estimate of drug-likeness (QED) is 0.660. The molecule has 0 saturated heterocycles. The van der Waals surface area contributed by atoms with E-state index in [0.29, 0.717) is 29.6 Å². The van der Waals surface area contributed by atoms with Gasteiger partial charge in [-0.1, -0.05) is 23.4 Å². The first-order valence-corrected chi connectivity index (χ1v) is 8.10. The fourth-order valence-corrected chi connectivity index (χ4v) is 2.58. The van der Waals surface area contributed by atoms with Crippen LogP contribution in [0.5, 0.6) is 5.75 Å². The third-order valence-electron chi connectivity index (χ3n) is 4.27. The van der Waals surface area contributed by atoms with Gasteiger partial charge in [0.1, 0.15) is 5.75 Å². The number of aromatic nitrogens is 2. The lowest BCUT2D eigenvalue weighted by Crippen LogP contribution is -2.22. The van der Waals surface area contributed by atoms with E-state index in [1.54, 1.807) is 13.2 Å². The zero-order chi connectivity index (χ0) is 18.7. The Morgan fingerprint density at radius 3 is 2.69 bits per heavy atom. The standard InChI is InChI=1S/C19H19F2N3O2/c1-12(13-7-8-16(20)17(21)10-13)24(2)11-18-22-19(23-26-18)14-5-4-6-15(9-14)25-3/h4-10,12H,11H2,1-3H3. The third kappa shape index (κ3) is 3.88. The van der Waals surface area contributed by atoms with Crippen molar-refractivity contribution < 1.29 is 18.0 Å². The maximum Gasteiger partial charge on any atom is 0.241 e. The van der Waals surface area contributed by atoms with Gasteiger partial charge >= 0.3 is 0 Å². The molecule has 3 aromatic rings. The molecule has 1 heterocycles. The Bertz CT molecular complexity index is 898. The molecule has 0 saturated carbocycles. The normalized spacial score (nSPS) is 12.4. The van der Waals surface area contributed by atoms with Gasteiger partial charge in [-0.2, -0.15) is 4.98 Å². The largest absolute Gasteiger partial charge is 0.497 e. The summed E-state index contributed by atoms with van der Waals surface area (Å²) < 4.78 is 37.0. The van der Waals surface area contributed by atoms with Crippen LogP contribution in [0.2, 0.25) is 0 Å². The van der Waals surface area contributed by atoms with Gasteiger partial charge in [0, 0.05) is 11.6 Å². The van der Waals surface area contributed by atoms with Gasteiger partial charge in [-0.25, -0.2) is 8.78 Å². The van der Waals surface area contributed by atoms with E-state index in [0.717, 1.165) is 11.6 Å². The molecule has 7 heteroatoms. The molecule has 1 atom stereocenters. The van der Waals surface area contributed by atoms with Gasteiger partial charge in [-0.05, 0) is 43.8 Å². The summed E-state index contributed by atoms with van der Waals surface area (Å²) in [5.41, 5.74) is 1.45. The summed E-state index contributed by atoms with van der Waals surface area (Å²) in [4.78, 5) is 6.31. The van der Waals surface area contributed by atoms with Crippen molar-refractivity contribution in [2.45, 2.75) is 19.5 Å². The Balaban J connectivity index is 1.72. The van der Waals surface area contributed by atoms with E-state index in [2.05, 4.69) is 10.1 Å². The van der Waals surface area contributed by atoms with E-state index < -0.39 is 11.6 Å². The third-order valence-corrected chi connectivity index (χ3v) is 4.27. The van der Waals surface area contributed by atoms with Gasteiger partial charge in [0.15, 0.2) is 11.6 Å². The molecule has 0 aliphatic carbocycles. The number of methoxy groups -OCH3 is 1. The average molecular weight is 359 g/mol.